The van der Waals surface area contributed by atoms with Crippen molar-refractivity contribution >= 4 is 5.97 Å². The molecule has 4 rings (SSSR count). The van der Waals surface area contributed by atoms with Crippen LogP contribution in [0.1, 0.15) is 85.7 Å². The van der Waals surface area contributed by atoms with Crippen molar-refractivity contribution in [3.05, 3.63) is 77.1 Å². The van der Waals surface area contributed by atoms with E-state index in [9.17, 15) is 9.18 Å². The molecule has 3 heteroatoms. The molecule has 0 heterocycles. The largest absolute Gasteiger partial charge is 0.423 e. The summed E-state index contributed by atoms with van der Waals surface area (Å²) in [6.45, 7) is 4.06. The van der Waals surface area contributed by atoms with Crippen molar-refractivity contribution in [1.29, 1.82) is 0 Å². The fraction of sp³-hybridized carbons (Fsp3) is 0.483. The highest BCUT2D eigenvalue weighted by atomic mass is 19.1. The zero-order valence-electron chi connectivity index (χ0n) is 19.4. The molecule has 2 nitrogen and oxygen atoms in total. The predicted octanol–water partition coefficient (Wildman–Crippen LogP) is 8.01. The van der Waals surface area contributed by atoms with E-state index in [4.69, 9.17) is 4.74 Å². The summed E-state index contributed by atoms with van der Waals surface area (Å²) in [4.78, 5) is 12.5. The van der Waals surface area contributed by atoms with Crippen molar-refractivity contribution in [2.24, 2.45) is 17.8 Å². The van der Waals surface area contributed by atoms with Gasteiger partial charge in [-0.25, -0.2) is 9.18 Å². The molecule has 2 aromatic carbocycles. The highest BCUT2D eigenvalue weighted by molar-refractivity contribution is 5.91. The topological polar surface area (TPSA) is 26.3 Å². The van der Waals surface area contributed by atoms with Gasteiger partial charge in [0.05, 0.1) is 5.56 Å². The SMILES string of the molecule is C/C=C/CCC1CCC2CC(c3ccc(C(=O)Oc4ccc(C)cc4)c(F)c3)CCC2C1. The standard InChI is InChI=1S/C29H35FO2/c1-3-4-5-6-21-9-10-23-18-24(12-11-22(23)17-21)25-13-16-27(28(30)19-25)29(31)32-26-14-7-20(2)8-15-26/h3-4,7-8,13-16,19,21-24H,5-6,9-12,17-18H2,1-2H3/b4-3+. The zero-order chi connectivity index (χ0) is 22.5. The molecule has 0 radical (unpaired) electrons. The second-order valence-electron chi connectivity index (χ2n) is 9.80. The molecule has 4 atom stereocenters. The third-order valence-electron chi connectivity index (χ3n) is 7.61. The smallest absolute Gasteiger partial charge is 0.346 e. The minimum Gasteiger partial charge on any atom is -0.423 e. The van der Waals surface area contributed by atoms with E-state index in [1.165, 1.54) is 38.5 Å². The van der Waals surface area contributed by atoms with Crippen molar-refractivity contribution in [2.75, 3.05) is 0 Å². The predicted molar refractivity (Wildman–Crippen MR) is 127 cm³/mol. The Kier molecular flexibility index (Phi) is 7.44. The Hall–Kier alpha value is -2.42. The first-order chi connectivity index (χ1) is 15.5. The van der Waals surface area contributed by atoms with Crippen molar-refractivity contribution in [3.63, 3.8) is 0 Å². The van der Waals surface area contributed by atoms with E-state index in [1.54, 1.807) is 24.3 Å². The van der Waals surface area contributed by atoms with E-state index in [-0.39, 0.29) is 5.56 Å². The van der Waals surface area contributed by atoms with Crippen LogP contribution in [0.15, 0.2) is 54.6 Å². The lowest BCUT2D eigenvalue weighted by Gasteiger charge is -2.42. The summed E-state index contributed by atoms with van der Waals surface area (Å²) in [6.07, 6.45) is 14.5. The van der Waals surface area contributed by atoms with Crippen LogP contribution in [-0.2, 0) is 0 Å². The van der Waals surface area contributed by atoms with Crippen LogP contribution in [-0.4, -0.2) is 5.97 Å². The molecule has 0 aliphatic heterocycles. The van der Waals surface area contributed by atoms with E-state index < -0.39 is 11.8 Å². The maximum atomic E-state index is 14.8. The fourth-order valence-electron chi connectivity index (χ4n) is 5.77. The van der Waals surface area contributed by atoms with Gasteiger partial charge in [-0.3, -0.25) is 0 Å². The lowest BCUT2D eigenvalue weighted by atomic mass is 9.63. The van der Waals surface area contributed by atoms with Gasteiger partial charge in [0.15, 0.2) is 0 Å². The van der Waals surface area contributed by atoms with Gasteiger partial charge in [-0.2, -0.15) is 0 Å². The summed E-state index contributed by atoms with van der Waals surface area (Å²) in [5, 5.41) is 0. The molecule has 0 bridgehead atoms. The number of esters is 1. The second kappa shape index (κ2) is 10.5. The molecule has 32 heavy (non-hydrogen) atoms. The summed E-state index contributed by atoms with van der Waals surface area (Å²) in [7, 11) is 0. The van der Waals surface area contributed by atoms with E-state index in [0.717, 1.165) is 41.7 Å². The monoisotopic (exact) mass is 434 g/mol. The number of halogens is 1. The van der Waals surface area contributed by atoms with E-state index >= 15 is 0 Å². The number of allylic oxidation sites excluding steroid dienone is 2. The second-order valence-corrected chi connectivity index (χ2v) is 9.80. The molecular weight excluding hydrogens is 399 g/mol. The Morgan fingerprint density at radius 1 is 1.03 bits per heavy atom. The molecule has 0 spiro atoms. The molecule has 2 fully saturated rings. The summed E-state index contributed by atoms with van der Waals surface area (Å²) in [5.74, 6) is 2.19. The van der Waals surface area contributed by atoms with Crippen molar-refractivity contribution in [3.8, 4) is 5.75 Å². The summed E-state index contributed by atoms with van der Waals surface area (Å²) < 4.78 is 20.2. The Bertz CT molecular complexity index is 946. The Balaban J connectivity index is 1.35. The van der Waals surface area contributed by atoms with Gasteiger partial charge < -0.3 is 4.74 Å². The fourth-order valence-corrected chi connectivity index (χ4v) is 5.77. The van der Waals surface area contributed by atoms with E-state index in [1.807, 2.05) is 25.1 Å². The minimum atomic E-state index is -0.641. The average molecular weight is 435 g/mol. The highest BCUT2D eigenvalue weighted by Crippen LogP contribution is 2.48. The van der Waals surface area contributed by atoms with Gasteiger partial charge >= 0.3 is 5.97 Å². The molecule has 2 aromatic rings. The number of hydrogen-bond acceptors (Lipinski definition) is 2. The summed E-state index contributed by atoms with van der Waals surface area (Å²) in [6, 6.07) is 12.3. The van der Waals surface area contributed by atoms with Crippen molar-refractivity contribution < 1.29 is 13.9 Å². The first kappa shape index (κ1) is 22.8. The average Bonchev–Trinajstić information content (AvgIpc) is 2.80. The molecule has 170 valence electrons. The van der Waals surface area contributed by atoms with Gasteiger partial charge in [0.25, 0.3) is 0 Å². The van der Waals surface area contributed by atoms with Crippen LogP contribution >= 0.6 is 0 Å². The van der Waals surface area contributed by atoms with E-state index in [0.29, 0.717) is 11.7 Å². The first-order valence-corrected chi connectivity index (χ1v) is 12.2. The van der Waals surface area contributed by atoms with E-state index in [2.05, 4.69) is 19.1 Å². The number of carbonyl (C=O) groups is 1. The maximum Gasteiger partial charge on any atom is 0.346 e. The lowest BCUT2D eigenvalue weighted by molar-refractivity contribution is 0.0729. The van der Waals surface area contributed by atoms with Crippen LogP contribution in [0.3, 0.4) is 0 Å². The number of fused-ring (bicyclic) bond motifs is 1. The van der Waals surface area contributed by atoms with Crippen LogP contribution < -0.4 is 4.74 Å². The number of hydrogen-bond donors (Lipinski definition) is 0. The van der Waals surface area contributed by atoms with Gasteiger partial charge in [-0.15, -0.1) is 0 Å². The third-order valence-corrected chi connectivity index (χ3v) is 7.61. The van der Waals surface area contributed by atoms with Gasteiger partial charge in [0.1, 0.15) is 11.6 Å². The molecular formula is C29H35FO2. The normalized spacial score (nSPS) is 25.5. The molecule has 2 aliphatic carbocycles. The number of ether oxygens (including phenoxy) is 1. The van der Waals surface area contributed by atoms with Crippen LogP contribution in [0.4, 0.5) is 4.39 Å². The van der Waals surface area contributed by atoms with Crippen molar-refractivity contribution in [2.45, 2.75) is 71.1 Å². The highest BCUT2D eigenvalue weighted by Gasteiger charge is 2.36. The third kappa shape index (κ3) is 5.49. The van der Waals surface area contributed by atoms with Gasteiger partial charge in [0.2, 0.25) is 0 Å². The number of benzene rings is 2. The quantitative estimate of drug-likeness (QED) is 0.261. The molecule has 0 amide bonds. The minimum absolute atomic E-state index is 0.00430. The van der Waals surface area contributed by atoms with Crippen LogP contribution in [0, 0.1) is 30.5 Å². The molecule has 0 aromatic heterocycles. The zero-order valence-corrected chi connectivity index (χ0v) is 19.4. The lowest BCUT2D eigenvalue weighted by Crippen LogP contribution is -2.30. The number of carbonyl (C=O) groups excluding carboxylic acids is 1. The molecule has 0 N–H and O–H groups in total. The van der Waals surface area contributed by atoms with Gasteiger partial charge in [-0.1, -0.05) is 42.3 Å². The summed E-state index contributed by atoms with van der Waals surface area (Å²) in [5.41, 5.74) is 2.12. The van der Waals surface area contributed by atoms with Crippen LogP contribution in [0.25, 0.3) is 0 Å². The number of rotatable bonds is 6. The first-order valence-electron chi connectivity index (χ1n) is 12.2. The van der Waals surface area contributed by atoms with Gasteiger partial charge in [0, 0.05) is 0 Å². The molecule has 2 saturated carbocycles. The summed E-state index contributed by atoms with van der Waals surface area (Å²) >= 11 is 0. The van der Waals surface area contributed by atoms with Crippen molar-refractivity contribution in [1.82, 2.24) is 0 Å². The Morgan fingerprint density at radius 3 is 2.53 bits per heavy atom. The van der Waals surface area contributed by atoms with Gasteiger partial charge in [-0.05, 0) is 112 Å². The van der Waals surface area contributed by atoms with Crippen LogP contribution in [0.2, 0.25) is 0 Å². The van der Waals surface area contributed by atoms with Crippen LogP contribution in [0.5, 0.6) is 5.75 Å². The molecule has 0 saturated heterocycles. The number of aryl methyl sites for hydroxylation is 1. The maximum absolute atomic E-state index is 14.8. The Morgan fingerprint density at radius 2 is 1.78 bits per heavy atom. The Labute approximate surface area is 191 Å². The molecule has 4 unspecified atom stereocenters. The molecule has 2 aliphatic rings.